The van der Waals surface area contributed by atoms with E-state index in [-0.39, 0.29) is 5.54 Å². The normalized spacial score (nSPS) is 22.4. The number of likely N-dealkylation sites (N-methyl/N-ethyl adjacent to an activating group) is 1. The van der Waals surface area contributed by atoms with E-state index in [1.807, 2.05) is 12.1 Å². The smallest absolute Gasteiger partial charge is 0.126 e. The van der Waals surface area contributed by atoms with Crippen LogP contribution in [0.5, 0.6) is 0 Å². The summed E-state index contributed by atoms with van der Waals surface area (Å²) in [6, 6.07) is 5.85. The number of aromatic nitrogens is 1. The molecule has 0 aromatic carbocycles. The van der Waals surface area contributed by atoms with Crippen LogP contribution in [0.2, 0.25) is 0 Å². The Balaban J connectivity index is 1.65. The zero-order chi connectivity index (χ0) is 15.4. The minimum Gasteiger partial charge on any atom is -0.368 e. The van der Waals surface area contributed by atoms with Gasteiger partial charge < -0.3 is 10.2 Å². The molecule has 3 rings (SSSR count). The molecule has 1 saturated carbocycles. The van der Waals surface area contributed by atoms with Crippen LogP contribution in [0.15, 0.2) is 18.3 Å². The molecule has 5 heteroatoms. The third kappa shape index (κ3) is 3.23. The van der Waals surface area contributed by atoms with Gasteiger partial charge in [0.15, 0.2) is 0 Å². The molecule has 118 valence electrons. The van der Waals surface area contributed by atoms with Crippen molar-refractivity contribution in [3.63, 3.8) is 0 Å². The Labute approximate surface area is 132 Å². The van der Waals surface area contributed by atoms with Crippen LogP contribution in [0, 0.1) is 11.3 Å². The highest BCUT2D eigenvalue weighted by molar-refractivity contribution is 5.39. The van der Waals surface area contributed by atoms with Gasteiger partial charge in [0.1, 0.15) is 11.9 Å². The Hall–Kier alpha value is -1.64. The summed E-state index contributed by atoms with van der Waals surface area (Å²) < 4.78 is 0. The van der Waals surface area contributed by atoms with Crippen molar-refractivity contribution in [3.8, 4) is 6.07 Å². The van der Waals surface area contributed by atoms with Crippen LogP contribution in [0.4, 0.5) is 5.82 Å². The van der Waals surface area contributed by atoms with Gasteiger partial charge in [-0.25, -0.2) is 4.98 Å². The van der Waals surface area contributed by atoms with Crippen LogP contribution < -0.4 is 5.32 Å². The standard InChI is InChI=1S/C17H25N5/c1-21-8-10-22(11-9-21)17(6-2-3-7-17)14-20-16-5-4-15(12-18)13-19-16/h4-5,13H,2-3,6-11,14H2,1H3,(H,19,20). The van der Waals surface area contributed by atoms with E-state index in [9.17, 15) is 0 Å². The van der Waals surface area contributed by atoms with Crippen LogP contribution >= 0.6 is 0 Å². The molecule has 1 aliphatic carbocycles. The lowest BCUT2D eigenvalue weighted by Crippen LogP contribution is -2.58. The maximum Gasteiger partial charge on any atom is 0.126 e. The second-order valence-electron chi connectivity index (χ2n) is 6.62. The fraction of sp³-hybridized carbons (Fsp3) is 0.647. The molecule has 1 N–H and O–H groups in total. The number of rotatable bonds is 4. The average Bonchev–Trinajstić information content (AvgIpc) is 3.04. The molecular weight excluding hydrogens is 274 g/mol. The van der Waals surface area contributed by atoms with E-state index in [4.69, 9.17) is 5.26 Å². The van der Waals surface area contributed by atoms with E-state index in [0.29, 0.717) is 5.56 Å². The lowest BCUT2D eigenvalue weighted by molar-refractivity contribution is 0.0510. The number of hydrogen-bond acceptors (Lipinski definition) is 5. The van der Waals surface area contributed by atoms with Crippen LogP contribution in [0.1, 0.15) is 31.2 Å². The number of nitrogens with one attached hydrogen (secondary N) is 1. The predicted octanol–water partition coefficient (Wildman–Crippen LogP) is 1.93. The van der Waals surface area contributed by atoms with Gasteiger partial charge in [0, 0.05) is 44.5 Å². The summed E-state index contributed by atoms with van der Waals surface area (Å²) >= 11 is 0. The summed E-state index contributed by atoms with van der Waals surface area (Å²) in [6.07, 6.45) is 6.85. The maximum absolute atomic E-state index is 8.84. The molecule has 1 aliphatic heterocycles. The van der Waals surface area contributed by atoms with Crippen molar-refractivity contribution in [3.05, 3.63) is 23.9 Å². The first-order chi connectivity index (χ1) is 10.7. The van der Waals surface area contributed by atoms with Crippen molar-refractivity contribution in [2.75, 3.05) is 45.1 Å². The average molecular weight is 299 g/mol. The number of hydrogen-bond donors (Lipinski definition) is 1. The van der Waals surface area contributed by atoms with Gasteiger partial charge in [-0.05, 0) is 32.0 Å². The molecule has 5 nitrogen and oxygen atoms in total. The van der Waals surface area contributed by atoms with E-state index >= 15 is 0 Å². The predicted molar refractivity (Wildman–Crippen MR) is 87.7 cm³/mol. The van der Waals surface area contributed by atoms with Gasteiger partial charge in [0.05, 0.1) is 5.56 Å². The largest absolute Gasteiger partial charge is 0.368 e. The van der Waals surface area contributed by atoms with Crippen molar-refractivity contribution in [1.29, 1.82) is 5.26 Å². The second-order valence-corrected chi connectivity index (χ2v) is 6.62. The maximum atomic E-state index is 8.84. The summed E-state index contributed by atoms with van der Waals surface area (Å²) in [5, 5.41) is 12.4. The lowest BCUT2D eigenvalue weighted by atomic mass is 9.93. The highest BCUT2D eigenvalue weighted by atomic mass is 15.3. The molecule has 1 aromatic heterocycles. The molecule has 1 aromatic rings. The second kappa shape index (κ2) is 6.64. The highest BCUT2D eigenvalue weighted by Gasteiger charge is 2.40. The van der Waals surface area contributed by atoms with Crippen LogP contribution in [-0.4, -0.2) is 60.1 Å². The number of nitriles is 1. The van der Waals surface area contributed by atoms with Crippen LogP contribution in [0.3, 0.4) is 0 Å². The van der Waals surface area contributed by atoms with Gasteiger partial charge in [-0.2, -0.15) is 5.26 Å². The first-order valence-electron chi connectivity index (χ1n) is 8.25. The Morgan fingerprint density at radius 2 is 1.95 bits per heavy atom. The molecule has 2 aliphatic rings. The molecule has 0 bridgehead atoms. The van der Waals surface area contributed by atoms with Crippen molar-refractivity contribution >= 4 is 5.82 Å². The van der Waals surface area contributed by atoms with E-state index in [2.05, 4.69) is 33.2 Å². The first kappa shape index (κ1) is 15.3. The molecular formula is C17H25N5. The Morgan fingerprint density at radius 3 is 2.55 bits per heavy atom. The Morgan fingerprint density at radius 1 is 1.23 bits per heavy atom. The summed E-state index contributed by atoms with van der Waals surface area (Å²) in [7, 11) is 2.21. The summed E-state index contributed by atoms with van der Waals surface area (Å²) in [5.41, 5.74) is 0.900. The van der Waals surface area contributed by atoms with Gasteiger partial charge in [-0.15, -0.1) is 0 Å². The van der Waals surface area contributed by atoms with Crippen LogP contribution in [-0.2, 0) is 0 Å². The van der Waals surface area contributed by atoms with Gasteiger partial charge in [-0.1, -0.05) is 12.8 Å². The third-order valence-electron chi connectivity index (χ3n) is 5.20. The van der Waals surface area contributed by atoms with Crippen molar-refractivity contribution in [2.45, 2.75) is 31.2 Å². The number of pyridine rings is 1. The summed E-state index contributed by atoms with van der Waals surface area (Å²) in [4.78, 5) is 9.44. The molecule has 0 spiro atoms. The monoisotopic (exact) mass is 299 g/mol. The van der Waals surface area contributed by atoms with Crippen molar-refractivity contribution in [1.82, 2.24) is 14.8 Å². The third-order valence-corrected chi connectivity index (χ3v) is 5.20. The minimum atomic E-state index is 0.289. The fourth-order valence-corrected chi connectivity index (χ4v) is 3.74. The topological polar surface area (TPSA) is 55.2 Å². The molecule has 2 fully saturated rings. The summed E-state index contributed by atoms with van der Waals surface area (Å²) in [6.45, 7) is 5.61. The summed E-state index contributed by atoms with van der Waals surface area (Å²) in [5.74, 6) is 0.874. The zero-order valence-electron chi connectivity index (χ0n) is 13.4. The van der Waals surface area contributed by atoms with Crippen LogP contribution in [0.25, 0.3) is 0 Å². The van der Waals surface area contributed by atoms with Gasteiger partial charge in [-0.3, -0.25) is 4.90 Å². The molecule has 0 atom stereocenters. The zero-order valence-corrected chi connectivity index (χ0v) is 13.4. The van der Waals surface area contributed by atoms with Gasteiger partial charge in [0.25, 0.3) is 0 Å². The number of piperazine rings is 1. The van der Waals surface area contributed by atoms with Gasteiger partial charge in [0.2, 0.25) is 0 Å². The number of nitrogens with zero attached hydrogens (tertiary/aromatic N) is 4. The molecule has 2 heterocycles. The number of anilines is 1. The SMILES string of the molecule is CN1CCN(C2(CNc3ccc(C#N)cn3)CCCC2)CC1. The first-order valence-corrected chi connectivity index (χ1v) is 8.25. The minimum absolute atomic E-state index is 0.289. The molecule has 1 saturated heterocycles. The fourth-order valence-electron chi connectivity index (χ4n) is 3.74. The van der Waals surface area contributed by atoms with E-state index < -0.39 is 0 Å². The highest BCUT2D eigenvalue weighted by Crippen LogP contribution is 2.36. The molecule has 0 amide bonds. The van der Waals surface area contributed by atoms with E-state index in [1.54, 1.807) is 6.20 Å². The molecule has 22 heavy (non-hydrogen) atoms. The Bertz CT molecular complexity index is 519. The van der Waals surface area contributed by atoms with E-state index in [1.165, 1.54) is 38.8 Å². The Kier molecular flexibility index (Phi) is 4.60. The van der Waals surface area contributed by atoms with Crippen molar-refractivity contribution < 1.29 is 0 Å². The van der Waals surface area contributed by atoms with Crippen molar-refractivity contribution in [2.24, 2.45) is 0 Å². The van der Waals surface area contributed by atoms with Gasteiger partial charge >= 0.3 is 0 Å². The van der Waals surface area contributed by atoms with E-state index in [0.717, 1.165) is 25.5 Å². The lowest BCUT2D eigenvalue weighted by Gasteiger charge is -2.45. The quantitative estimate of drug-likeness (QED) is 0.920. The molecule has 0 radical (unpaired) electrons. The molecule has 0 unspecified atom stereocenters.